The van der Waals surface area contributed by atoms with Gasteiger partial charge in [-0.3, -0.25) is 9.69 Å². The normalized spacial score (nSPS) is 16.4. The standard InChI is InChI=1S/C23H29ClN2O2S/c1-3-4-12-25(16-18-8-7-9-19(15-18)28-2)17-22(27)26-13-14-29-23(26)20-10-5-6-11-21(20)24/h5-11,15,23H,3-4,12-14,16-17H2,1-2H3. The van der Waals surface area contributed by atoms with Gasteiger partial charge >= 0.3 is 0 Å². The van der Waals surface area contributed by atoms with E-state index in [1.807, 2.05) is 47.4 Å². The van der Waals surface area contributed by atoms with E-state index in [-0.39, 0.29) is 11.3 Å². The van der Waals surface area contributed by atoms with Gasteiger partial charge in [-0.15, -0.1) is 11.8 Å². The number of unbranched alkanes of at least 4 members (excludes halogenated alkanes) is 1. The third-order valence-electron chi connectivity index (χ3n) is 5.11. The molecule has 29 heavy (non-hydrogen) atoms. The highest BCUT2D eigenvalue weighted by molar-refractivity contribution is 7.99. The number of methoxy groups -OCH3 is 1. The summed E-state index contributed by atoms with van der Waals surface area (Å²) in [6, 6.07) is 15.9. The quantitative estimate of drug-likeness (QED) is 0.543. The molecule has 0 N–H and O–H groups in total. The highest BCUT2D eigenvalue weighted by Crippen LogP contribution is 2.40. The molecule has 1 saturated heterocycles. The van der Waals surface area contributed by atoms with Crippen molar-refractivity contribution in [2.75, 3.05) is 32.5 Å². The minimum atomic E-state index is 0.000967. The van der Waals surface area contributed by atoms with Crippen molar-refractivity contribution in [3.05, 3.63) is 64.7 Å². The van der Waals surface area contributed by atoms with Crippen molar-refractivity contribution < 1.29 is 9.53 Å². The van der Waals surface area contributed by atoms with E-state index < -0.39 is 0 Å². The van der Waals surface area contributed by atoms with Gasteiger partial charge < -0.3 is 9.64 Å². The molecule has 4 nitrogen and oxygen atoms in total. The number of halogens is 1. The summed E-state index contributed by atoms with van der Waals surface area (Å²) in [5.41, 5.74) is 2.18. The first-order chi connectivity index (χ1) is 14.1. The first kappa shape index (κ1) is 22.0. The van der Waals surface area contributed by atoms with Gasteiger partial charge in [0.15, 0.2) is 0 Å². The third kappa shape index (κ3) is 5.91. The van der Waals surface area contributed by atoms with E-state index >= 15 is 0 Å². The maximum absolute atomic E-state index is 13.2. The Bertz CT molecular complexity index is 817. The van der Waals surface area contributed by atoms with Crippen molar-refractivity contribution in [1.82, 2.24) is 9.80 Å². The first-order valence-electron chi connectivity index (χ1n) is 10.1. The molecule has 6 heteroatoms. The van der Waals surface area contributed by atoms with E-state index in [1.165, 1.54) is 0 Å². The largest absolute Gasteiger partial charge is 0.497 e. The monoisotopic (exact) mass is 432 g/mol. The van der Waals surface area contributed by atoms with Crippen molar-refractivity contribution in [3.8, 4) is 5.75 Å². The highest BCUT2D eigenvalue weighted by atomic mass is 35.5. The van der Waals surface area contributed by atoms with Crippen LogP contribution in [0.1, 0.15) is 36.3 Å². The molecule has 0 aromatic heterocycles. The van der Waals surface area contributed by atoms with Crippen LogP contribution in [0.15, 0.2) is 48.5 Å². The summed E-state index contributed by atoms with van der Waals surface area (Å²) in [6.45, 7) is 4.99. The Morgan fingerprint density at radius 3 is 2.86 bits per heavy atom. The maximum atomic E-state index is 13.2. The van der Waals surface area contributed by atoms with E-state index in [1.54, 1.807) is 18.9 Å². The molecule has 0 aliphatic carbocycles. The van der Waals surface area contributed by atoms with Crippen molar-refractivity contribution in [3.63, 3.8) is 0 Å². The van der Waals surface area contributed by atoms with Gasteiger partial charge in [0.1, 0.15) is 11.1 Å². The molecule has 1 fully saturated rings. The average molecular weight is 433 g/mol. The summed E-state index contributed by atoms with van der Waals surface area (Å²) in [7, 11) is 1.68. The number of hydrogen-bond acceptors (Lipinski definition) is 4. The molecule has 0 radical (unpaired) electrons. The fourth-order valence-electron chi connectivity index (χ4n) is 3.57. The number of nitrogens with zero attached hydrogens (tertiary/aromatic N) is 2. The number of amides is 1. The van der Waals surface area contributed by atoms with Crippen LogP contribution in [-0.2, 0) is 11.3 Å². The molecule has 1 unspecified atom stereocenters. The summed E-state index contributed by atoms with van der Waals surface area (Å²) >= 11 is 8.20. The summed E-state index contributed by atoms with van der Waals surface area (Å²) in [5, 5.41) is 0.727. The van der Waals surface area contributed by atoms with Crippen LogP contribution in [-0.4, -0.2) is 48.2 Å². The lowest BCUT2D eigenvalue weighted by atomic mass is 10.1. The van der Waals surface area contributed by atoms with Crippen LogP contribution in [0, 0.1) is 0 Å². The molecular weight excluding hydrogens is 404 g/mol. The zero-order valence-electron chi connectivity index (χ0n) is 17.1. The van der Waals surface area contributed by atoms with Crippen LogP contribution in [0.2, 0.25) is 5.02 Å². The van der Waals surface area contributed by atoms with Gasteiger partial charge in [-0.2, -0.15) is 0 Å². The second kappa shape index (κ2) is 10.9. The van der Waals surface area contributed by atoms with Crippen molar-refractivity contribution in [2.24, 2.45) is 0 Å². The van der Waals surface area contributed by atoms with Crippen LogP contribution < -0.4 is 4.74 Å². The smallest absolute Gasteiger partial charge is 0.237 e. The Morgan fingerprint density at radius 1 is 1.28 bits per heavy atom. The fourth-order valence-corrected chi connectivity index (χ4v) is 5.18. The van der Waals surface area contributed by atoms with Crippen LogP contribution in [0.25, 0.3) is 0 Å². The number of hydrogen-bond donors (Lipinski definition) is 0. The van der Waals surface area contributed by atoms with E-state index in [9.17, 15) is 4.79 Å². The molecule has 1 heterocycles. The molecule has 156 valence electrons. The lowest BCUT2D eigenvalue weighted by molar-refractivity contribution is -0.132. The predicted octanol–water partition coefficient (Wildman–Crippen LogP) is 5.22. The minimum Gasteiger partial charge on any atom is -0.497 e. The van der Waals surface area contributed by atoms with Gasteiger partial charge in [-0.05, 0) is 36.7 Å². The number of ether oxygens (including phenoxy) is 1. The Kier molecular flexibility index (Phi) is 8.28. The van der Waals surface area contributed by atoms with E-state index in [0.29, 0.717) is 6.54 Å². The molecule has 0 bridgehead atoms. The Labute approximate surface area is 183 Å². The van der Waals surface area contributed by atoms with Crippen LogP contribution in [0.3, 0.4) is 0 Å². The second-order valence-corrected chi connectivity index (χ2v) is 8.84. The van der Waals surface area contributed by atoms with Gasteiger partial charge in [-0.25, -0.2) is 0 Å². The van der Waals surface area contributed by atoms with E-state index in [2.05, 4.69) is 17.9 Å². The number of carbonyl (C=O) groups is 1. The number of benzene rings is 2. The Balaban J connectivity index is 1.70. The second-order valence-electron chi connectivity index (χ2n) is 7.25. The fraction of sp³-hybridized carbons (Fsp3) is 0.435. The van der Waals surface area contributed by atoms with Gasteiger partial charge in [0, 0.05) is 29.4 Å². The van der Waals surface area contributed by atoms with Crippen molar-refractivity contribution >= 4 is 29.3 Å². The number of carbonyl (C=O) groups excluding carboxylic acids is 1. The molecule has 3 rings (SSSR count). The van der Waals surface area contributed by atoms with Crippen LogP contribution >= 0.6 is 23.4 Å². The lowest BCUT2D eigenvalue weighted by Gasteiger charge is -2.29. The Hall–Kier alpha value is -1.69. The van der Waals surface area contributed by atoms with Gasteiger partial charge in [0.2, 0.25) is 5.91 Å². The Morgan fingerprint density at radius 2 is 2.10 bits per heavy atom. The molecule has 2 aromatic carbocycles. The molecule has 0 spiro atoms. The zero-order chi connectivity index (χ0) is 20.6. The van der Waals surface area contributed by atoms with Crippen LogP contribution in [0.5, 0.6) is 5.75 Å². The SMILES string of the molecule is CCCCN(CC(=O)N1CCSC1c1ccccc1Cl)Cc1cccc(OC)c1. The van der Waals surface area contributed by atoms with Gasteiger partial charge in [-0.1, -0.05) is 55.3 Å². The molecule has 1 amide bonds. The van der Waals surface area contributed by atoms with Crippen molar-refractivity contribution in [2.45, 2.75) is 31.7 Å². The summed E-state index contributed by atoms with van der Waals surface area (Å²) < 4.78 is 5.35. The molecule has 1 aliphatic heterocycles. The maximum Gasteiger partial charge on any atom is 0.237 e. The molecule has 2 aromatic rings. The van der Waals surface area contributed by atoms with Gasteiger partial charge in [0.05, 0.1) is 13.7 Å². The zero-order valence-corrected chi connectivity index (χ0v) is 18.7. The molecule has 1 aliphatic rings. The van der Waals surface area contributed by atoms with Crippen molar-refractivity contribution in [1.29, 1.82) is 0 Å². The summed E-state index contributed by atoms with van der Waals surface area (Å²) in [6.07, 6.45) is 2.17. The number of rotatable bonds is 9. The van der Waals surface area contributed by atoms with E-state index in [0.717, 1.165) is 60.1 Å². The lowest BCUT2D eigenvalue weighted by Crippen LogP contribution is -2.40. The minimum absolute atomic E-state index is 0.000967. The average Bonchev–Trinajstić information content (AvgIpc) is 3.22. The van der Waals surface area contributed by atoms with Crippen LogP contribution in [0.4, 0.5) is 0 Å². The number of thioether (sulfide) groups is 1. The summed E-state index contributed by atoms with van der Waals surface area (Å²) in [5.74, 6) is 1.95. The summed E-state index contributed by atoms with van der Waals surface area (Å²) in [4.78, 5) is 17.5. The molecular formula is C23H29ClN2O2S. The first-order valence-corrected chi connectivity index (χ1v) is 11.6. The highest BCUT2D eigenvalue weighted by Gasteiger charge is 2.32. The van der Waals surface area contributed by atoms with Gasteiger partial charge in [0.25, 0.3) is 0 Å². The topological polar surface area (TPSA) is 32.8 Å². The molecule has 0 saturated carbocycles. The third-order valence-corrected chi connectivity index (χ3v) is 6.70. The molecule has 1 atom stereocenters. The van der Waals surface area contributed by atoms with E-state index in [4.69, 9.17) is 16.3 Å². The predicted molar refractivity (Wildman–Crippen MR) is 122 cm³/mol.